The van der Waals surface area contributed by atoms with E-state index in [2.05, 4.69) is 15.0 Å². The SMILES string of the molecule is N#Cc1ccc(F)c(-c2nc(N)nc3c2ncn3Cc2c(F)cc(N)cc2F)c1F. The van der Waals surface area contributed by atoms with Gasteiger partial charge < -0.3 is 16.0 Å². The largest absolute Gasteiger partial charge is 0.399 e. The predicted octanol–water partition coefficient (Wildman–Crippen LogP) is 3.13. The number of rotatable bonds is 3. The van der Waals surface area contributed by atoms with E-state index in [1.165, 1.54) is 10.9 Å². The lowest BCUT2D eigenvalue weighted by Gasteiger charge is -2.10. The van der Waals surface area contributed by atoms with Crippen molar-refractivity contribution in [1.29, 1.82) is 5.26 Å². The van der Waals surface area contributed by atoms with Gasteiger partial charge in [0.05, 0.1) is 24.0 Å². The van der Waals surface area contributed by atoms with Crippen LogP contribution in [0.1, 0.15) is 11.1 Å². The van der Waals surface area contributed by atoms with E-state index in [-0.39, 0.29) is 40.6 Å². The zero-order valence-electron chi connectivity index (χ0n) is 15.0. The summed E-state index contributed by atoms with van der Waals surface area (Å²) in [6.45, 7) is -0.340. The molecule has 0 amide bonds. The number of fused-ring (bicyclic) bond motifs is 1. The van der Waals surface area contributed by atoms with Gasteiger partial charge in [0.25, 0.3) is 0 Å². The molecule has 7 nitrogen and oxygen atoms in total. The first-order valence-corrected chi connectivity index (χ1v) is 8.40. The van der Waals surface area contributed by atoms with Crippen molar-refractivity contribution in [3.05, 3.63) is 65.0 Å². The van der Waals surface area contributed by atoms with Crippen LogP contribution < -0.4 is 11.5 Å². The Balaban J connectivity index is 1.92. The number of anilines is 2. The number of halogens is 4. The Morgan fingerprint density at radius 3 is 2.37 bits per heavy atom. The maximum Gasteiger partial charge on any atom is 0.222 e. The average molecular weight is 413 g/mol. The number of aromatic nitrogens is 4. The van der Waals surface area contributed by atoms with Crippen molar-refractivity contribution >= 4 is 22.8 Å². The fraction of sp³-hybridized carbons (Fsp3) is 0.0526. The summed E-state index contributed by atoms with van der Waals surface area (Å²) >= 11 is 0. The molecule has 4 aromatic rings. The lowest BCUT2D eigenvalue weighted by atomic mass is 10.1. The normalized spacial score (nSPS) is 11.0. The van der Waals surface area contributed by atoms with Gasteiger partial charge in [-0.25, -0.2) is 27.5 Å². The first-order valence-electron chi connectivity index (χ1n) is 8.40. The Morgan fingerprint density at radius 2 is 1.70 bits per heavy atom. The van der Waals surface area contributed by atoms with E-state index >= 15 is 0 Å². The molecule has 11 heteroatoms. The van der Waals surface area contributed by atoms with Crippen LogP contribution in [0.5, 0.6) is 0 Å². The first-order chi connectivity index (χ1) is 14.3. The predicted molar refractivity (Wildman–Crippen MR) is 99.7 cm³/mol. The van der Waals surface area contributed by atoms with Gasteiger partial charge in [0.1, 0.15) is 34.7 Å². The molecule has 2 aromatic carbocycles. The van der Waals surface area contributed by atoms with Crippen LogP contribution in [0.25, 0.3) is 22.4 Å². The summed E-state index contributed by atoms with van der Waals surface area (Å²) in [5, 5.41) is 9.02. The number of hydrogen-bond donors (Lipinski definition) is 2. The van der Waals surface area contributed by atoms with Gasteiger partial charge in [-0.1, -0.05) is 0 Å². The lowest BCUT2D eigenvalue weighted by Crippen LogP contribution is -2.07. The van der Waals surface area contributed by atoms with E-state index < -0.39 is 34.4 Å². The third-order valence-electron chi connectivity index (χ3n) is 4.42. The average Bonchev–Trinajstić information content (AvgIpc) is 3.07. The van der Waals surface area contributed by atoms with E-state index in [4.69, 9.17) is 16.7 Å². The van der Waals surface area contributed by atoms with Gasteiger partial charge in [-0.3, -0.25) is 0 Å². The number of nitrogen functional groups attached to an aromatic ring is 2. The highest BCUT2D eigenvalue weighted by atomic mass is 19.1. The number of nitrogens with two attached hydrogens (primary N) is 2. The molecule has 4 N–H and O–H groups in total. The topological polar surface area (TPSA) is 119 Å². The van der Waals surface area contributed by atoms with Crippen LogP contribution in [0, 0.1) is 34.6 Å². The number of nitrogens with zero attached hydrogens (tertiary/aromatic N) is 5. The molecule has 0 radical (unpaired) electrons. The third-order valence-corrected chi connectivity index (χ3v) is 4.42. The van der Waals surface area contributed by atoms with Crippen LogP contribution in [0.2, 0.25) is 0 Å². The Labute approximate surface area is 166 Å². The molecule has 150 valence electrons. The van der Waals surface area contributed by atoms with Gasteiger partial charge in [0, 0.05) is 11.3 Å². The number of benzene rings is 2. The molecule has 0 spiro atoms. The van der Waals surface area contributed by atoms with E-state index in [1.807, 2.05) is 0 Å². The van der Waals surface area contributed by atoms with E-state index in [0.717, 1.165) is 24.3 Å². The summed E-state index contributed by atoms with van der Waals surface area (Å²) < 4.78 is 58.7. The molecule has 0 saturated heterocycles. The standard InChI is InChI=1S/C19H11F4N7/c20-11-2-1-8(5-24)15(23)14(11)16-17-18(29-19(26)28-16)30(7-27-17)6-10-12(21)3-9(25)4-13(10)22/h1-4,7H,6,25H2,(H2,26,28,29). The van der Waals surface area contributed by atoms with Crippen molar-refractivity contribution in [3.8, 4) is 17.3 Å². The molecule has 2 heterocycles. The molecule has 0 aliphatic heterocycles. The van der Waals surface area contributed by atoms with Crippen molar-refractivity contribution < 1.29 is 17.6 Å². The highest BCUT2D eigenvalue weighted by molar-refractivity contribution is 5.89. The highest BCUT2D eigenvalue weighted by Gasteiger charge is 2.23. The molecule has 0 aliphatic carbocycles. The summed E-state index contributed by atoms with van der Waals surface area (Å²) in [6.07, 6.45) is 1.18. The van der Waals surface area contributed by atoms with Crippen molar-refractivity contribution in [1.82, 2.24) is 19.5 Å². The minimum Gasteiger partial charge on any atom is -0.399 e. The van der Waals surface area contributed by atoms with Crippen LogP contribution >= 0.6 is 0 Å². The summed E-state index contributed by atoms with van der Waals surface area (Å²) in [5.74, 6) is -4.23. The Hall–Kier alpha value is -4.20. The Bertz CT molecular complexity index is 1330. The second-order valence-electron chi connectivity index (χ2n) is 6.33. The van der Waals surface area contributed by atoms with Crippen molar-refractivity contribution in [2.75, 3.05) is 11.5 Å². The quantitative estimate of drug-likeness (QED) is 0.393. The Morgan fingerprint density at radius 1 is 1.00 bits per heavy atom. The van der Waals surface area contributed by atoms with E-state index in [0.29, 0.717) is 0 Å². The Kier molecular flexibility index (Phi) is 4.46. The van der Waals surface area contributed by atoms with Crippen molar-refractivity contribution in [3.63, 3.8) is 0 Å². The summed E-state index contributed by atoms with van der Waals surface area (Å²) in [5.41, 5.74) is 9.35. The molecule has 2 aromatic heterocycles. The molecule has 0 unspecified atom stereocenters. The zero-order valence-corrected chi connectivity index (χ0v) is 15.0. The van der Waals surface area contributed by atoms with Gasteiger partial charge in [-0.05, 0) is 24.3 Å². The maximum atomic E-state index is 14.7. The van der Waals surface area contributed by atoms with Gasteiger partial charge in [0.2, 0.25) is 5.95 Å². The van der Waals surface area contributed by atoms with Gasteiger partial charge >= 0.3 is 0 Å². The fourth-order valence-electron chi connectivity index (χ4n) is 3.05. The molecule has 0 fully saturated rings. The molecule has 0 aliphatic rings. The van der Waals surface area contributed by atoms with Crippen molar-refractivity contribution in [2.45, 2.75) is 6.54 Å². The van der Waals surface area contributed by atoms with Crippen LogP contribution in [0.3, 0.4) is 0 Å². The molecule has 0 atom stereocenters. The number of hydrogen-bond acceptors (Lipinski definition) is 6. The van der Waals surface area contributed by atoms with E-state index in [1.54, 1.807) is 6.07 Å². The number of nitriles is 1. The monoisotopic (exact) mass is 413 g/mol. The summed E-state index contributed by atoms with van der Waals surface area (Å²) in [7, 11) is 0. The molecular weight excluding hydrogens is 402 g/mol. The zero-order chi connectivity index (χ0) is 21.6. The summed E-state index contributed by atoms with van der Waals surface area (Å²) in [4.78, 5) is 11.9. The maximum absolute atomic E-state index is 14.7. The van der Waals surface area contributed by atoms with Gasteiger partial charge in [-0.2, -0.15) is 10.2 Å². The summed E-state index contributed by atoms with van der Waals surface area (Å²) in [6, 6.07) is 5.44. The first kappa shape index (κ1) is 19.1. The van der Waals surface area contributed by atoms with E-state index in [9.17, 15) is 17.6 Å². The highest BCUT2D eigenvalue weighted by Crippen LogP contribution is 2.32. The van der Waals surface area contributed by atoms with Crippen LogP contribution in [-0.2, 0) is 6.54 Å². The third kappa shape index (κ3) is 3.04. The molecule has 30 heavy (non-hydrogen) atoms. The second kappa shape index (κ2) is 7.00. The molecule has 4 rings (SSSR count). The van der Waals surface area contributed by atoms with Crippen LogP contribution in [0.15, 0.2) is 30.6 Å². The van der Waals surface area contributed by atoms with Crippen LogP contribution in [-0.4, -0.2) is 19.5 Å². The fourth-order valence-corrected chi connectivity index (χ4v) is 3.05. The molecular formula is C19H11F4N7. The van der Waals surface area contributed by atoms with Gasteiger partial charge in [0.15, 0.2) is 11.5 Å². The van der Waals surface area contributed by atoms with Crippen LogP contribution in [0.4, 0.5) is 29.2 Å². The lowest BCUT2D eigenvalue weighted by molar-refractivity contribution is 0.547. The minimum absolute atomic E-state index is 0.00529. The van der Waals surface area contributed by atoms with Gasteiger partial charge in [-0.15, -0.1) is 0 Å². The molecule has 0 saturated carbocycles. The van der Waals surface area contributed by atoms with Crippen molar-refractivity contribution in [2.24, 2.45) is 0 Å². The number of imidazole rings is 1. The smallest absolute Gasteiger partial charge is 0.222 e. The molecule has 0 bridgehead atoms. The minimum atomic E-state index is -1.14. The second-order valence-corrected chi connectivity index (χ2v) is 6.33.